The molecule has 1 aliphatic rings. The van der Waals surface area contributed by atoms with Crippen LogP contribution in [-0.4, -0.2) is 55.9 Å². The molecule has 0 aliphatic carbocycles. The molecule has 7 heteroatoms. The number of fused-ring (bicyclic) bond motifs is 1. The molecule has 7 nitrogen and oxygen atoms in total. The molecule has 1 amide bonds. The highest BCUT2D eigenvalue weighted by Crippen LogP contribution is 2.33. The van der Waals surface area contributed by atoms with Crippen LogP contribution in [-0.2, 0) is 6.54 Å². The molecule has 3 aromatic heterocycles. The summed E-state index contributed by atoms with van der Waals surface area (Å²) in [6, 6.07) is 6.34. The summed E-state index contributed by atoms with van der Waals surface area (Å²) in [4.78, 5) is 25.0. The van der Waals surface area contributed by atoms with Crippen molar-refractivity contribution in [3.63, 3.8) is 0 Å². The van der Waals surface area contributed by atoms with E-state index in [0.29, 0.717) is 11.2 Å². The van der Waals surface area contributed by atoms with Gasteiger partial charge in [0.05, 0.1) is 17.9 Å². The summed E-state index contributed by atoms with van der Waals surface area (Å²) in [5.41, 5.74) is 3.44. The Labute approximate surface area is 152 Å². The number of carbonyl (C=O) groups is 1. The first kappa shape index (κ1) is 16.7. The fraction of sp³-hybridized carbons (Fsp3) is 0.368. The third-order valence-electron chi connectivity index (χ3n) is 4.88. The smallest absolute Gasteiger partial charge is 0.258 e. The van der Waals surface area contributed by atoms with E-state index >= 15 is 0 Å². The second-order valence-electron chi connectivity index (χ2n) is 6.85. The Balaban J connectivity index is 1.68. The molecule has 1 saturated heterocycles. The van der Waals surface area contributed by atoms with Gasteiger partial charge < -0.3 is 4.90 Å². The van der Waals surface area contributed by atoms with E-state index in [1.807, 2.05) is 22.8 Å². The molecule has 0 N–H and O–H groups in total. The molecule has 0 bridgehead atoms. The van der Waals surface area contributed by atoms with Gasteiger partial charge in [-0.2, -0.15) is 5.10 Å². The van der Waals surface area contributed by atoms with E-state index in [1.165, 1.54) is 5.56 Å². The van der Waals surface area contributed by atoms with Gasteiger partial charge in [0.1, 0.15) is 5.56 Å². The topological polar surface area (TPSA) is 66.6 Å². The van der Waals surface area contributed by atoms with Crippen LogP contribution >= 0.6 is 0 Å². The maximum Gasteiger partial charge on any atom is 0.258 e. The van der Waals surface area contributed by atoms with Crippen molar-refractivity contribution in [2.45, 2.75) is 25.4 Å². The number of aromatic nitrogens is 4. The van der Waals surface area contributed by atoms with E-state index in [4.69, 9.17) is 0 Å². The minimum absolute atomic E-state index is 0.0803. The summed E-state index contributed by atoms with van der Waals surface area (Å²) in [6.45, 7) is 1.89. The molecule has 3 aromatic rings. The van der Waals surface area contributed by atoms with Crippen molar-refractivity contribution in [2.24, 2.45) is 0 Å². The number of hydrogen-bond donors (Lipinski definition) is 0. The predicted octanol–water partition coefficient (Wildman–Crippen LogP) is 2.16. The third-order valence-corrected chi connectivity index (χ3v) is 4.88. The second-order valence-corrected chi connectivity index (χ2v) is 6.85. The standard InChI is InChI=1S/C19H22N6O/c1-23(2)19(26)15-12-22-25-17(7-9-21-18(15)25)16-6-4-10-24(16)13-14-5-3-8-20-11-14/h3,5,7-9,11-12,16H,4,6,10,13H2,1-2H3. The van der Waals surface area contributed by atoms with Crippen molar-refractivity contribution in [2.75, 3.05) is 20.6 Å². The van der Waals surface area contributed by atoms with Crippen LogP contribution < -0.4 is 0 Å². The Kier molecular flexibility index (Phi) is 4.38. The molecule has 4 rings (SSSR count). The lowest BCUT2D eigenvalue weighted by atomic mass is 10.1. The van der Waals surface area contributed by atoms with E-state index in [0.717, 1.165) is 31.6 Å². The number of likely N-dealkylation sites (tertiary alicyclic amines) is 1. The maximum absolute atomic E-state index is 12.4. The van der Waals surface area contributed by atoms with Crippen molar-refractivity contribution < 1.29 is 4.79 Å². The molecule has 1 aliphatic heterocycles. The van der Waals surface area contributed by atoms with Crippen molar-refractivity contribution in [3.8, 4) is 0 Å². The first-order valence-corrected chi connectivity index (χ1v) is 8.82. The minimum Gasteiger partial charge on any atom is -0.345 e. The zero-order valence-electron chi connectivity index (χ0n) is 15.0. The lowest BCUT2D eigenvalue weighted by Crippen LogP contribution is -2.25. The molecule has 0 aromatic carbocycles. The number of rotatable bonds is 4. The Morgan fingerprint density at radius 3 is 2.92 bits per heavy atom. The van der Waals surface area contributed by atoms with Gasteiger partial charge in [0.25, 0.3) is 5.91 Å². The summed E-state index contributed by atoms with van der Waals surface area (Å²) in [5, 5.41) is 4.48. The average molecular weight is 350 g/mol. The molecule has 134 valence electrons. The van der Waals surface area contributed by atoms with E-state index in [1.54, 1.807) is 37.6 Å². The summed E-state index contributed by atoms with van der Waals surface area (Å²) < 4.78 is 1.82. The SMILES string of the molecule is CN(C)C(=O)c1cnn2c(C3CCCN3Cc3cccnc3)ccnc12. The third kappa shape index (κ3) is 2.94. The first-order valence-electron chi connectivity index (χ1n) is 8.82. The van der Waals surface area contributed by atoms with Crippen LogP contribution in [0.5, 0.6) is 0 Å². The van der Waals surface area contributed by atoms with Crippen LogP contribution in [0.4, 0.5) is 0 Å². The largest absolute Gasteiger partial charge is 0.345 e. The fourth-order valence-electron chi connectivity index (χ4n) is 3.63. The lowest BCUT2D eigenvalue weighted by Gasteiger charge is -2.25. The molecule has 1 atom stereocenters. The van der Waals surface area contributed by atoms with Crippen LogP contribution in [0.25, 0.3) is 5.65 Å². The first-order chi connectivity index (χ1) is 12.6. The lowest BCUT2D eigenvalue weighted by molar-refractivity contribution is 0.0829. The number of pyridine rings is 1. The molecule has 26 heavy (non-hydrogen) atoms. The van der Waals surface area contributed by atoms with Crippen LogP contribution in [0, 0.1) is 0 Å². The van der Waals surface area contributed by atoms with Gasteiger partial charge in [0.15, 0.2) is 5.65 Å². The molecule has 1 fully saturated rings. The van der Waals surface area contributed by atoms with Gasteiger partial charge in [0.2, 0.25) is 0 Å². The maximum atomic E-state index is 12.4. The molecule has 4 heterocycles. The molecule has 0 saturated carbocycles. The minimum atomic E-state index is -0.0803. The van der Waals surface area contributed by atoms with Gasteiger partial charge in [0, 0.05) is 39.2 Å². The van der Waals surface area contributed by atoms with Crippen molar-refractivity contribution in [1.82, 2.24) is 29.4 Å². The van der Waals surface area contributed by atoms with Gasteiger partial charge in [-0.05, 0) is 37.1 Å². The normalized spacial score (nSPS) is 17.7. The van der Waals surface area contributed by atoms with E-state index in [9.17, 15) is 4.79 Å². The van der Waals surface area contributed by atoms with Gasteiger partial charge in [-0.3, -0.25) is 14.7 Å². The Morgan fingerprint density at radius 1 is 1.27 bits per heavy atom. The summed E-state index contributed by atoms with van der Waals surface area (Å²) in [5.74, 6) is -0.0803. The number of nitrogens with zero attached hydrogens (tertiary/aromatic N) is 6. The summed E-state index contributed by atoms with van der Waals surface area (Å²) in [7, 11) is 3.48. The summed E-state index contributed by atoms with van der Waals surface area (Å²) >= 11 is 0. The molecule has 1 unspecified atom stereocenters. The molecular weight excluding hydrogens is 328 g/mol. The van der Waals surface area contributed by atoms with Gasteiger partial charge in [-0.25, -0.2) is 9.50 Å². The van der Waals surface area contributed by atoms with Gasteiger partial charge >= 0.3 is 0 Å². The predicted molar refractivity (Wildman–Crippen MR) is 97.6 cm³/mol. The monoisotopic (exact) mass is 350 g/mol. The molecular formula is C19H22N6O. The second kappa shape index (κ2) is 6.84. The van der Waals surface area contributed by atoms with E-state index in [-0.39, 0.29) is 11.9 Å². The highest BCUT2D eigenvalue weighted by Gasteiger charge is 2.29. The van der Waals surface area contributed by atoms with Crippen LogP contribution in [0.15, 0.2) is 43.0 Å². The Morgan fingerprint density at radius 2 is 2.15 bits per heavy atom. The van der Waals surface area contributed by atoms with Gasteiger partial charge in [-0.1, -0.05) is 6.07 Å². The fourth-order valence-corrected chi connectivity index (χ4v) is 3.63. The molecule has 0 spiro atoms. The number of hydrogen-bond acceptors (Lipinski definition) is 5. The quantitative estimate of drug-likeness (QED) is 0.721. The molecule has 0 radical (unpaired) electrons. The van der Waals surface area contributed by atoms with Crippen molar-refractivity contribution >= 4 is 11.6 Å². The number of amides is 1. The highest BCUT2D eigenvalue weighted by atomic mass is 16.2. The van der Waals surface area contributed by atoms with Crippen molar-refractivity contribution in [3.05, 3.63) is 59.8 Å². The summed E-state index contributed by atoms with van der Waals surface area (Å²) in [6.07, 6.45) is 9.31. The highest BCUT2D eigenvalue weighted by molar-refractivity contribution is 5.99. The van der Waals surface area contributed by atoms with Gasteiger partial charge in [-0.15, -0.1) is 0 Å². The Hall–Kier alpha value is -2.80. The zero-order chi connectivity index (χ0) is 18.1. The van der Waals surface area contributed by atoms with Crippen LogP contribution in [0.2, 0.25) is 0 Å². The van der Waals surface area contributed by atoms with E-state index in [2.05, 4.69) is 26.0 Å². The van der Waals surface area contributed by atoms with Crippen LogP contribution in [0.3, 0.4) is 0 Å². The van der Waals surface area contributed by atoms with E-state index < -0.39 is 0 Å². The van der Waals surface area contributed by atoms with Crippen LogP contribution in [0.1, 0.15) is 40.5 Å². The average Bonchev–Trinajstić information content (AvgIpc) is 3.28. The Bertz CT molecular complexity index is 920. The van der Waals surface area contributed by atoms with Crippen molar-refractivity contribution in [1.29, 1.82) is 0 Å². The zero-order valence-corrected chi connectivity index (χ0v) is 15.0. The number of carbonyl (C=O) groups excluding carboxylic acids is 1.